The van der Waals surface area contributed by atoms with E-state index in [4.69, 9.17) is 0 Å². The first-order valence-electron chi connectivity index (χ1n) is 11.2. The fraction of sp³-hybridized carbons (Fsp3) is 0.280. The summed E-state index contributed by atoms with van der Waals surface area (Å²) in [6, 6.07) is 12.1. The first-order valence-corrected chi connectivity index (χ1v) is 12.1. The highest BCUT2D eigenvalue weighted by Gasteiger charge is 2.55. The summed E-state index contributed by atoms with van der Waals surface area (Å²) in [6.07, 6.45) is -3.09. The fourth-order valence-electron chi connectivity index (χ4n) is 3.89. The molecule has 2 N–H and O–H groups in total. The van der Waals surface area contributed by atoms with E-state index in [-0.39, 0.29) is 12.1 Å². The van der Waals surface area contributed by atoms with Crippen LogP contribution in [0.15, 0.2) is 65.5 Å². The lowest BCUT2D eigenvalue weighted by Gasteiger charge is -2.36. The molecule has 0 spiro atoms. The Morgan fingerprint density at radius 2 is 1.92 bits per heavy atom. The van der Waals surface area contributed by atoms with Crippen LogP contribution in [0, 0.1) is 5.82 Å². The number of rotatable bonds is 9. The largest absolute Gasteiger partial charge is 0.420 e. The first kappa shape index (κ1) is 25.6. The van der Waals surface area contributed by atoms with Gasteiger partial charge in [-0.15, -0.1) is 0 Å². The van der Waals surface area contributed by atoms with Crippen LogP contribution in [-0.2, 0) is 0 Å². The van der Waals surface area contributed by atoms with Gasteiger partial charge in [0, 0.05) is 23.0 Å². The number of halogens is 4. The molecule has 36 heavy (non-hydrogen) atoms. The van der Waals surface area contributed by atoms with E-state index in [1.165, 1.54) is 41.8 Å². The molecule has 0 saturated heterocycles. The van der Waals surface area contributed by atoms with Crippen LogP contribution >= 0.6 is 11.3 Å². The minimum absolute atomic E-state index is 0.0626. The highest BCUT2D eigenvalue weighted by Crippen LogP contribution is 2.33. The number of aliphatic hydroxyl groups is 1. The second-order valence-corrected chi connectivity index (χ2v) is 9.17. The van der Waals surface area contributed by atoms with Gasteiger partial charge in [0.1, 0.15) is 5.82 Å². The molecular weight excluding hydrogens is 496 g/mol. The number of alkyl halides is 3. The van der Waals surface area contributed by atoms with Gasteiger partial charge in [0.05, 0.1) is 36.1 Å². The Balaban J connectivity index is 1.60. The van der Waals surface area contributed by atoms with E-state index >= 15 is 0 Å². The molecule has 2 aromatic carbocycles. The van der Waals surface area contributed by atoms with Crippen molar-refractivity contribution in [2.75, 3.05) is 25.0 Å². The Hall–Kier alpha value is -3.44. The van der Waals surface area contributed by atoms with Crippen LogP contribution in [-0.4, -0.2) is 57.1 Å². The van der Waals surface area contributed by atoms with Crippen LogP contribution in [0.1, 0.15) is 23.7 Å². The molecule has 1 amide bonds. The van der Waals surface area contributed by atoms with E-state index in [9.17, 15) is 27.5 Å². The Kier molecular flexibility index (Phi) is 7.32. The highest BCUT2D eigenvalue weighted by molar-refractivity contribution is 7.08. The van der Waals surface area contributed by atoms with Crippen molar-refractivity contribution < 1.29 is 27.5 Å². The number of hydrogen-bond acceptors (Lipinski definition) is 5. The average molecular weight is 521 g/mol. The summed E-state index contributed by atoms with van der Waals surface area (Å²) in [4.78, 5) is 13.8. The molecule has 0 radical (unpaired) electrons. The minimum Gasteiger partial charge on any atom is -0.381 e. The van der Waals surface area contributed by atoms with Gasteiger partial charge < -0.3 is 15.3 Å². The summed E-state index contributed by atoms with van der Waals surface area (Å²) in [5, 5.41) is 21.6. The lowest BCUT2D eigenvalue weighted by molar-refractivity contribution is -0.257. The van der Waals surface area contributed by atoms with Gasteiger partial charge in [0.25, 0.3) is 5.91 Å². The molecule has 1 unspecified atom stereocenters. The molecule has 2 heterocycles. The monoisotopic (exact) mass is 520 g/mol. The molecule has 1 atom stereocenters. The van der Waals surface area contributed by atoms with Gasteiger partial charge in [-0.1, -0.05) is 13.0 Å². The van der Waals surface area contributed by atoms with Crippen molar-refractivity contribution in [3.05, 3.63) is 76.9 Å². The lowest BCUT2D eigenvalue weighted by atomic mass is 10.0. The second-order valence-electron chi connectivity index (χ2n) is 8.39. The summed E-state index contributed by atoms with van der Waals surface area (Å²) in [5.41, 5.74) is -1.43. The number of thiophene rings is 1. The summed E-state index contributed by atoms with van der Waals surface area (Å²) in [7, 11) is 0. The van der Waals surface area contributed by atoms with Gasteiger partial charge in [0.2, 0.25) is 0 Å². The van der Waals surface area contributed by atoms with Gasteiger partial charge in [-0.05, 0) is 54.3 Å². The molecule has 0 saturated carbocycles. The van der Waals surface area contributed by atoms with Crippen molar-refractivity contribution in [3.63, 3.8) is 0 Å². The maximum absolute atomic E-state index is 14.1. The van der Waals surface area contributed by atoms with Gasteiger partial charge >= 0.3 is 6.18 Å². The Bertz CT molecular complexity index is 1320. The number of hydrogen-bond donors (Lipinski definition) is 2. The van der Waals surface area contributed by atoms with E-state index in [1.807, 2.05) is 0 Å². The Labute approximate surface area is 208 Å². The van der Waals surface area contributed by atoms with E-state index in [0.717, 1.165) is 4.90 Å². The quantitative estimate of drug-likeness (QED) is 0.287. The van der Waals surface area contributed by atoms with E-state index < -0.39 is 36.6 Å². The van der Waals surface area contributed by atoms with E-state index in [1.54, 1.807) is 46.6 Å². The van der Waals surface area contributed by atoms with E-state index in [2.05, 4.69) is 10.4 Å². The topological polar surface area (TPSA) is 70.4 Å². The van der Waals surface area contributed by atoms with Crippen molar-refractivity contribution in [3.8, 4) is 5.69 Å². The Morgan fingerprint density at radius 1 is 1.17 bits per heavy atom. The normalized spacial score (nSPS) is 13.5. The average Bonchev–Trinajstić information content (AvgIpc) is 3.53. The summed E-state index contributed by atoms with van der Waals surface area (Å²) >= 11 is 1.27. The summed E-state index contributed by atoms with van der Waals surface area (Å²) in [5.74, 6) is -0.970. The molecule has 4 rings (SSSR count). The third-order valence-electron chi connectivity index (χ3n) is 5.79. The van der Waals surface area contributed by atoms with Crippen LogP contribution in [0.3, 0.4) is 0 Å². The zero-order valence-electron chi connectivity index (χ0n) is 19.3. The third-order valence-corrected chi connectivity index (χ3v) is 6.47. The van der Waals surface area contributed by atoms with Crippen molar-refractivity contribution >= 4 is 33.8 Å². The third kappa shape index (κ3) is 5.21. The molecule has 0 aliphatic rings. The standard InChI is InChI=1S/C25H24F4N4O2S/c1-2-11-32(23(34)17-10-12-36-14-17)16-24(35,25(27,28)29)15-30-21-4-3-5-22-20(21)13-31-33(22)19-8-6-18(26)7-9-19/h3-10,12-14,30,35H,2,11,15-16H2,1H3. The molecule has 6 nitrogen and oxygen atoms in total. The predicted molar refractivity (Wildman–Crippen MR) is 131 cm³/mol. The number of fused-ring (bicyclic) bond motifs is 1. The van der Waals surface area contributed by atoms with Gasteiger partial charge in [-0.2, -0.15) is 29.6 Å². The van der Waals surface area contributed by atoms with Crippen LogP contribution in [0.2, 0.25) is 0 Å². The maximum atomic E-state index is 14.1. The number of nitrogens with zero attached hydrogens (tertiary/aromatic N) is 3. The van der Waals surface area contributed by atoms with Crippen LogP contribution in [0.5, 0.6) is 0 Å². The van der Waals surface area contributed by atoms with Crippen molar-refractivity contribution in [2.45, 2.75) is 25.1 Å². The molecule has 0 fully saturated rings. The lowest BCUT2D eigenvalue weighted by Crippen LogP contribution is -2.58. The molecule has 11 heteroatoms. The number of aromatic nitrogens is 2. The SMILES string of the molecule is CCCN(CC(O)(CNc1cccc2c1cnn2-c1ccc(F)cc1)C(F)(F)F)C(=O)c1ccsc1. The zero-order valence-corrected chi connectivity index (χ0v) is 20.1. The molecule has 0 aliphatic carbocycles. The summed E-state index contributed by atoms with van der Waals surface area (Å²) < 4.78 is 57.2. The van der Waals surface area contributed by atoms with Gasteiger partial charge in [-0.25, -0.2) is 9.07 Å². The molecule has 4 aromatic rings. The van der Waals surface area contributed by atoms with Crippen molar-refractivity contribution in [1.82, 2.24) is 14.7 Å². The van der Waals surface area contributed by atoms with Crippen molar-refractivity contribution in [2.24, 2.45) is 0 Å². The summed E-state index contributed by atoms with van der Waals surface area (Å²) in [6.45, 7) is 0.0106. The minimum atomic E-state index is -5.01. The van der Waals surface area contributed by atoms with Crippen LogP contribution in [0.25, 0.3) is 16.6 Å². The highest BCUT2D eigenvalue weighted by atomic mass is 32.1. The second kappa shape index (κ2) is 10.3. The molecule has 0 bridgehead atoms. The number of amides is 1. The number of carbonyl (C=O) groups excluding carboxylic acids is 1. The molecule has 0 aliphatic heterocycles. The van der Waals surface area contributed by atoms with Crippen molar-refractivity contribution in [1.29, 1.82) is 0 Å². The van der Waals surface area contributed by atoms with Crippen LogP contribution in [0.4, 0.5) is 23.2 Å². The maximum Gasteiger partial charge on any atom is 0.420 e. The number of anilines is 1. The Morgan fingerprint density at radius 3 is 2.56 bits per heavy atom. The smallest absolute Gasteiger partial charge is 0.381 e. The number of benzene rings is 2. The molecule has 2 aromatic heterocycles. The zero-order chi connectivity index (χ0) is 25.9. The number of nitrogens with one attached hydrogen (secondary N) is 1. The predicted octanol–water partition coefficient (Wildman–Crippen LogP) is 5.48. The van der Waals surface area contributed by atoms with E-state index in [0.29, 0.717) is 28.7 Å². The molecular formula is C25H24F4N4O2S. The van der Waals surface area contributed by atoms with Crippen LogP contribution < -0.4 is 5.32 Å². The van der Waals surface area contributed by atoms with Gasteiger partial charge in [0.15, 0.2) is 5.60 Å². The van der Waals surface area contributed by atoms with Gasteiger partial charge in [-0.3, -0.25) is 4.79 Å². The first-order chi connectivity index (χ1) is 17.1. The number of carbonyl (C=O) groups is 1. The molecule has 190 valence electrons. The fourth-order valence-corrected chi connectivity index (χ4v) is 4.52.